The quantitative estimate of drug-likeness (QED) is 0.751. The number of ether oxygens (including phenoxy) is 1. The molecule has 0 bridgehead atoms. The highest BCUT2D eigenvalue weighted by atomic mass is 16.5. The number of likely N-dealkylation sites (tertiary alicyclic amines) is 1. The highest BCUT2D eigenvalue weighted by molar-refractivity contribution is 5.77. The summed E-state index contributed by atoms with van der Waals surface area (Å²) in [5, 5.41) is 9.27. The lowest BCUT2D eigenvalue weighted by molar-refractivity contribution is -0.136. The van der Waals surface area contributed by atoms with Gasteiger partial charge in [0.25, 0.3) is 0 Å². The van der Waals surface area contributed by atoms with Crippen LogP contribution in [0.2, 0.25) is 0 Å². The van der Waals surface area contributed by atoms with E-state index >= 15 is 0 Å². The van der Waals surface area contributed by atoms with E-state index in [2.05, 4.69) is 20.8 Å². The van der Waals surface area contributed by atoms with E-state index in [0.717, 1.165) is 0 Å². The van der Waals surface area contributed by atoms with Gasteiger partial charge in [-0.3, -0.25) is 4.79 Å². The van der Waals surface area contributed by atoms with Crippen LogP contribution in [0.15, 0.2) is 0 Å². The first kappa shape index (κ1) is 12.5. The summed E-state index contributed by atoms with van der Waals surface area (Å²) in [6.07, 6.45) is 0.335. The van der Waals surface area contributed by atoms with Gasteiger partial charge >= 0.3 is 0 Å². The molecule has 15 heavy (non-hydrogen) atoms. The lowest BCUT2D eigenvalue weighted by Crippen LogP contribution is -2.33. The molecule has 0 spiro atoms. The molecule has 0 radical (unpaired) electrons. The van der Waals surface area contributed by atoms with Gasteiger partial charge < -0.3 is 14.7 Å². The van der Waals surface area contributed by atoms with Crippen LogP contribution in [0.5, 0.6) is 0 Å². The van der Waals surface area contributed by atoms with E-state index in [4.69, 9.17) is 4.74 Å². The summed E-state index contributed by atoms with van der Waals surface area (Å²) < 4.78 is 5.33. The maximum Gasteiger partial charge on any atom is 0.248 e. The summed E-state index contributed by atoms with van der Waals surface area (Å²) in [4.78, 5) is 13.2. The Morgan fingerprint density at radius 2 is 2.20 bits per heavy atom. The fourth-order valence-electron chi connectivity index (χ4n) is 1.50. The van der Waals surface area contributed by atoms with Crippen LogP contribution < -0.4 is 0 Å². The molecule has 0 aromatic carbocycles. The van der Waals surface area contributed by atoms with Crippen LogP contribution >= 0.6 is 0 Å². The third kappa shape index (κ3) is 4.62. The largest absolute Gasteiger partial charge is 0.391 e. The van der Waals surface area contributed by atoms with Gasteiger partial charge in [0.15, 0.2) is 0 Å². The Kier molecular flexibility index (Phi) is 4.11. The standard InChI is InChI=1S/C11H21NO3/c1-11(2,3)8-15-7-10(14)12-5-4-9(13)6-12/h9,13H,4-8H2,1-3H3. The number of β-amino-alcohol motifs (C(OH)–C–C–N with tert-alkyl or cyclic N) is 1. The molecule has 1 aliphatic rings. The van der Waals surface area contributed by atoms with Crippen molar-refractivity contribution in [1.82, 2.24) is 4.90 Å². The van der Waals surface area contributed by atoms with Gasteiger partial charge in [-0.2, -0.15) is 0 Å². The fraction of sp³-hybridized carbons (Fsp3) is 0.909. The lowest BCUT2D eigenvalue weighted by atomic mass is 9.99. The summed E-state index contributed by atoms with van der Waals surface area (Å²) >= 11 is 0. The molecule has 1 aliphatic heterocycles. The predicted octanol–water partition coefficient (Wildman–Crippen LogP) is 0.642. The third-order valence-electron chi connectivity index (χ3n) is 2.28. The zero-order chi connectivity index (χ0) is 11.5. The molecular formula is C11H21NO3. The van der Waals surface area contributed by atoms with Crippen molar-refractivity contribution < 1.29 is 14.6 Å². The SMILES string of the molecule is CC(C)(C)COCC(=O)N1CCC(O)C1. The van der Waals surface area contributed by atoms with Crippen LogP contribution in [0, 0.1) is 5.41 Å². The molecule has 1 unspecified atom stereocenters. The second kappa shape index (κ2) is 4.94. The van der Waals surface area contributed by atoms with Crippen molar-refractivity contribution in [3.63, 3.8) is 0 Å². The van der Waals surface area contributed by atoms with Gasteiger partial charge in [0, 0.05) is 13.1 Å². The zero-order valence-corrected chi connectivity index (χ0v) is 9.82. The number of hydrogen-bond donors (Lipinski definition) is 1. The highest BCUT2D eigenvalue weighted by Crippen LogP contribution is 2.13. The van der Waals surface area contributed by atoms with E-state index in [-0.39, 0.29) is 24.0 Å². The molecule has 0 saturated carbocycles. The van der Waals surface area contributed by atoms with Crippen molar-refractivity contribution in [2.45, 2.75) is 33.3 Å². The van der Waals surface area contributed by atoms with E-state index < -0.39 is 0 Å². The minimum Gasteiger partial charge on any atom is -0.391 e. The smallest absolute Gasteiger partial charge is 0.248 e. The number of nitrogens with zero attached hydrogens (tertiary/aromatic N) is 1. The Morgan fingerprint density at radius 1 is 1.53 bits per heavy atom. The number of carbonyl (C=O) groups is 1. The number of rotatable bonds is 3. The zero-order valence-electron chi connectivity index (χ0n) is 9.82. The van der Waals surface area contributed by atoms with Gasteiger partial charge in [0.1, 0.15) is 6.61 Å². The van der Waals surface area contributed by atoms with Gasteiger partial charge in [-0.25, -0.2) is 0 Å². The Labute approximate surface area is 91.2 Å². The van der Waals surface area contributed by atoms with Crippen molar-refractivity contribution in [2.24, 2.45) is 5.41 Å². The average molecular weight is 215 g/mol. The normalized spacial score (nSPS) is 22.1. The molecule has 1 heterocycles. The minimum atomic E-state index is -0.350. The van der Waals surface area contributed by atoms with Gasteiger partial charge in [0.2, 0.25) is 5.91 Å². The Morgan fingerprint density at radius 3 is 2.67 bits per heavy atom. The summed E-state index contributed by atoms with van der Waals surface area (Å²) in [5.74, 6) is -0.0178. The van der Waals surface area contributed by atoms with Crippen molar-refractivity contribution in [3.8, 4) is 0 Å². The first-order valence-electron chi connectivity index (χ1n) is 5.42. The summed E-state index contributed by atoms with van der Waals surface area (Å²) in [6.45, 7) is 8.01. The van der Waals surface area contributed by atoms with Crippen molar-refractivity contribution >= 4 is 5.91 Å². The van der Waals surface area contributed by atoms with E-state index in [0.29, 0.717) is 26.1 Å². The first-order chi connectivity index (χ1) is 6.88. The lowest BCUT2D eigenvalue weighted by Gasteiger charge is -2.20. The second-order valence-electron chi connectivity index (χ2n) is 5.34. The number of hydrogen-bond acceptors (Lipinski definition) is 3. The van der Waals surface area contributed by atoms with Crippen molar-refractivity contribution in [3.05, 3.63) is 0 Å². The van der Waals surface area contributed by atoms with Crippen LogP contribution in [0.25, 0.3) is 0 Å². The second-order valence-corrected chi connectivity index (χ2v) is 5.34. The molecule has 1 amide bonds. The maximum absolute atomic E-state index is 11.6. The molecule has 0 aliphatic carbocycles. The molecule has 1 fully saturated rings. The van der Waals surface area contributed by atoms with Gasteiger partial charge in [-0.05, 0) is 11.8 Å². The molecular weight excluding hydrogens is 194 g/mol. The summed E-state index contributed by atoms with van der Waals surface area (Å²) in [5.41, 5.74) is 0.0881. The molecule has 4 heteroatoms. The van der Waals surface area contributed by atoms with Gasteiger partial charge in [-0.15, -0.1) is 0 Å². The van der Waals surface area contributed by atoms with E-state index in [1.165, 1.54) is 0 Å². The summed E-state index contributed by atoms with van der Waals surface area (Å²) in [6, 6.07) is 0. The molecule has 1 saturated heterocycles. The molecule has 0 aromatic rings. The van der Waals surface area contributed by atoms with E-state index in [1.807, 2.05) is 0 Å². The molecule has 4 nitrogen and oxygen atoms in total. The van der Waals surface area contributed by atoms with E-state index in [9.17, 15) is 9.90 Å². The Balaban J connectivity index is 2.19. The predicted molar refractivity (Wildman–Crippen MR) is 57.5 cm³/mol. The van der Waals surface area contributed by atoms with Crippen LogP contribution in [0.1, 0.15) is 27.2 Å². The number of aliphatic hydroxyl groups is 1. The van der Waals surface area contributed by atoms with Crippen LogP contribution in [-0.2, 0) is 9.53 Å². The molecule has 1 atom stereocenters. The van der Waals surface area contributed by atoms with E-state index in [1.54, 1.807) is 4.90 Å². The topological polar surface area (TPSA) is 49.8 Å². The number of aliphatic hydroxyl groups excluding tert-OH is 1. The maximum atomic E-state index is 11.6. The Bertz CT molecular complexity index is 222. The molecule has 88 valence electrons. The monoisotopic (exact) mass is 215 g/mol. The van der Waals surface area contributed by atoms with Crippen LogP contribution in [-0.4, -0.2) is 48.3 Å². The number of amides is 1. The van der Waals surface area contributed by atoms with Crippen molar-refractivity contribution in [2.75, 3.05) is 26.3 Å². The van der Waals surface area contributed by atoms with Crippen molar-refractivity contribution in [1.29, 1.82) is 0 Å². The molecule has 1 N–H and O–H groups in total. The minimum absolute atomic E-state index is 0.0178. The van der Waals surface area contributed by atoms with Gasteiger partial charge in [-0.1, -0.05) is 20.8 Å². The average Bonchev–Trinajstić information content (AvgIpc) is 2.49. The number of carbonyl (C=O) groups excluding carboxylic acids is 1. The summed E-state index contributed by atoms with van der Waals surface area (Å²) in [7, 11) is 0. The van der Waals surface area contributed by atoms with Crippen LogP contribution in [0.4, 0.5) is 0 Å². The fourth-order valence-corrected chi connectivity index (χ4v) is 1.50. The Hall–Kier alpha value is -0.610. The third-order valence-corrected chi connectivity index (χ3v) is 2.28. The molecule has 0 aromatic heterocycles. The highest BCUT2D eigenvalue weighted by Gasteiger charge is 2.24. The molecule has 1 rings (SSSR count). The first-order valence-corrected chi connectivity index (χ1v) is 5.42. The van der Waals surface area contributed by atoms with Crippen LogP contribution in [0.3, 0.4) is 0 Å². The van der Waals surface area contributed by atoms with Gasteiger partial charge in [0.05, 0.1) is 12.7 Å².